The summed E-state index contributed by atoms with van der Waals surface area (Å²) in [7, 11) is 0. The van der Waals surface area contributed by atoms with Crippen LogP contribution in [0.15, 0.2) is 24.8 Å². The topological polar surface area (TPSA) is 25.8 Å². The molecule has 0 N–H and O–H groups in total. The molecule has 0 fully saturated rings. The molecule has 2 aliphatic rings. The molecule has 4 rings (SSSR count). The Bertz CT molecular complexity index is 814. The molecule has 0 aromatic carbocycles. The first kappa shape index (κ1) is 25.0. The van der Waals surface area contributed by atoms with Crippen molar-refractivity contribution in [2.45, 2.75) is 90.9 Å². The summed E-state index contributed by atoms with van der Waals surface area (Å²) in [5.74, 6) is 0. The van der Waals surface area contributed by atoms with Gasteiger partial charge in [-0.2, -0.15) is 0 Å². The van der Waals surface area contributed by atoms with Crippen LogP contribution in [-0.4, -0.2) is 22.3 Å². The molecule has 2 nitrogen and oxygen atoms in total. The highest BCUT2D eigenvalue weighted by Gasteiger charge is 2.54. The molecule has 0 saturated carbocycles. The predicted octanol–water partition coefficient (Wildman–Crippen LogP) is 6.35. The molecule has 0 saturated heterocycles. The summed E-state index contributed by atoms with van der Waals surface area (Å²) in [6.45, 7) is 0.927. The van der Waals surface area contributed by atoms with Gasteiger partial charge in [0.1, 0.15) is 21.2 Å². The van der Waals surface area contributed by atoms with E-state index in [1.807, 2.05) is 0 Å². The van der Waals surface area contributed by atoms with Crippen molar-refractivity contribution >= 4 is 58.6 Å². The highest BCUT2D eigenvalue weighted by atomic mass is 32.7. The summed E-state index contributed by atoms with van der Waals surface area (Å²) in [4.78, 5) is 9.47. The van der Waals surface area contributed by atoms with Gasteiger partial charge >= 0.3 is 0 Å². The van der Waals surface area contributed by atoms with Crippen molar-refractivity contribution in [1.29, 1.82) is 0 Å². The van der Waals surface area contributed by atoms with Gasteiger partial charge in [0.15, 0.2) is 0 Å². The number of hydrogen-bond acceptors (Lipinski definition) is 4. The average molecular weight is 505 g/mol. The monoisotopic (exact) mass is 504 g/mol. The first-order valence-corrected chi connectivity index (χ1v) is 18.7. The zero-order valence-electron chi connectivity index (χ0n) is 19.8. The number of unbranched alkanes of at least 4 members (excludes halogenated alkanes) is 10. The molecule has 0 atom stereocenters. The average Bonchev–Trinajstić information content (AvgIpc) is 3.22. The van der Waals surface area contributed by atoms with Crippen LogP contribution in [0.4, 0.5) is 0 Å². The largest absolute Gasteiger partial charge is 0.545 e. The van der Waals surface area contributed by atoms with Crippen LogP contribution in [0, 0.1) is 0 Å². The summed E-state index contributed by atoms with van der Waals surface area (Å²) < 4.78 is 0. The lowest BCUT2D eigenvalue weighted by atomic mass is 10.1. The molecule has 2 aromatic rings. The van der Waals surface area contributed by atoms with Gasteiger partial charge in [-0.3, -0.25) is 9.97 Å². The van der Waals surface area contributed by atoms with Crippen LogP contribution in [0.5, 0.6) is 0 Å². The van der Waals surface area contributed by atoms with Crippen LogP contribution in [0.25, 0.3) is 11.1 Å². The molecule has 0 unspecified atom stereocenters. The lowest BCUT2D eigenvalue weighted by Crippen LogP contribution is -2.27. The third-order valence-corrected chi connectivity index (χ3v) is 17.1. The normalized spacial score (nSPS) is 16.5. The minimum absolute atomic E-state index is 1.12. The van der Waals surface area contributed by atoms with E-state index in [0.717, 1.165) is 12.3 Å². The van der Waals surface area contributed by atoms with E-state index in [1.54, 1.807) is 0 Å². The van der Waals surface area contributed by atoms with Crippen LogP contribution < -0.4 is 21.2 Å². The summed E-state index contributed by atoms with van der Waals surface area (Å²) in [5, 5.41) is 5.44. The van der Waals surface area contributed by atoms with Gasteiger partial charge in [-0.25, -0.2) is 0 Å². The Balaban J connectivity index is 1.54. The fourth-order valence-electron chi connectivity index (χ4n) is 5.46. The lowest BCUT2D eigenvalue weighted by molar-refractivity contribution is 0.626. The fraction of sp³-hybridized carbons (Fsp3) is 0.615. The number of rotatable bonds is 14. The SMILES string of the molecule is CCCCCCCC[P+]1([S-])c2cncc3c2-c2c1cncc2[P+]3([S-])CCCCCCCC. The predicted molar refractivity (Wildman–Crippen MR) is 151 cm³/mol. The van der Waals surface area contributed by atoms with Crippen LogP contribution in [-0.2, 0) is 24.5 Å². The van der Waals surface area contributed by atoms with Gasteiger partial charge in [0.25, 0.3) is 0 Å². The van der Waals surface area contributed by atoms with Crippen molar-refractivity contribution in [3.8, 4) is 11.1 Å². The van der Waals surface area contributed by atoms with E-state index >= 15 is 0 Å². The number of hydrogen-bond donors (Lipinski definition) is 0. The second-order valence-electron chi connectivity index (χ2n) is 9.57. The standard InChI is InChI=1S/C26H38N2P2S2/c1-3-5-7-9-11-13-15-29(31)21-17-27-19-23-25(21)26-22(29)18-28-20-24(26)30(23,32)16-14-12-10-8-6-4-2/h17-20H,3-16H2,1-2H3. The van der Waals surface area contributed by atoms with Crippen molar-refractivity contribution in [3.63, 3.8) is 0 Å². The zero-order valence-corrected chi connectivity index (χ0v) is 23.2. The zero-order chi connectivity index (χ0) is 22.6. The third-order valence-electron chi connectivity index (χ3n) is 7.27. The molecule has 0 radical (unpaired) electrons. The number of nitrogens with zero attached hydrogens (tertiary/aromatic N) is 2. The van der Waals surface area contributed by atoms with Crippen molar-refractivity contribution < 1.29 is 0 Å². The summed E-state index contributed by atoms with van der Waals surface area (Å²) in [6.07, 6.45) is 26.3. The Morgan fingerprint density at radius 2 is 0.844 bits per heavy atom. The molecule has 0 amide bonds. The van der Waals surface area contributed by atoms with E-state index in [0.29, 0.717) is 0 Å². The molecule has 4 heterocycles. The van der Waals surface area contributed by atoms with Crippen LogP contribution in [0.1, 0.15) is 90.9 Å². The summed E-state index contributed by atoms with van der Waals surface area (Å²) in [5.41, 5.74) is 2.83. The second kappa shape index (κ2) is 11.1. The minimum atomic E-state index is -1.81. The van der Waals surface area contributed by atoms with Crippen molar-refractivity contribution in [2.24, 2.45) is 0 Å². The van der Waals surface area contributed by atoms with Gasteiger partial charge in [-0.05, 0) is 38.6 Å². The van der Waals surface area contributed by atoms with E-state index in [2.05, 4.69) is 38.6 Å². The molecule has 32 heavy (non-hydrogen) atoms. The Kier molecular flexibility index (Phi) is 8.64. The van der Waals surface area contributed by atoms with Gasteiger partial charge in [0.05, 0.1) is 35.9 Å². The highest BCUT2D eigenvalue weighted by Crippen LogP contribution is 2.69. The van der Waals surface area contributed by atoms with Crippen LogP contribution in [0.2, 0.25) is 0 Å². The Hall–Kier alpha value is -0.140. The Morgan fingerprint density at radius 1 is 0.531 bits per heavy atom. The lowest BCUT2D eigenvalue weighted by Gasteiger charge is -2.34. The van der Waals surface area contributed by atoms with Crippen molar-refractivity contribution in [3.05, 3.63) is 24.8 Å². The van der Waals surface area contributed by atoms with E-state index in [-0.39, 0.29) is 0 Å². The maximum Gasteiger partial charge on any atom is 0.108 e. The summed E-state index contributed by atoms with van der Waals surface area (Å²) >= 11 is 13.0. The van der Waals surface area contributed by atoms with Gasteiger partial charge in [0, 0.05) is 12.3 Å². The second-order valence-corrected chi connectivity index (χ2v) is 19.1. The highest BCUT2D eigenvalue weighted by molar-refractivity contribution is 8.50. The number of pyridine rings is 2. The van der Waals surface area contributed by atoms with Crippen molar-refractivity contribution in [1.82, 2.24) is 9.97 Å². The smallest absolute Gasteiger partial charge is 0.108 e. The third kappa shape index (κ3) is 4.56. The minimum Gasteiger partial charge on any atom is -0.545 e. The summed E-state index contributed by atoms with van der Waals surface area (Å²) in [6, 6.07) is 0. The molecule has 6 heteroatoms. The molecular formula is C26H38N2P2S2. The van der Waals surface area contributed by atoms with E-state index in [9.17, 15) is 0 Å². The quantitative estimate of drug-likeness (QED) is 0.170. The molecule has 0 bridgehead atoms. The van der Waals surface area contributed by atoms with Gasteiger partial charge in [-0.1, -0.05) is 65.2 Å². The number of aromatic nitrogens is 2. The molecule has 2 aromatic heterocycles. The maximum atomic E-state index is 6.50. The van der Waals surface area contributed by atoms with E-state index in [4.69, 9.17) is 34.5 Å². The Labute approximate surface area is 207 Å². The molecular weight excluding hydrogens is 466 g/mol. The van der Waals surface area contributed by atoms with Crippen molar-refractivity contribution in [2.75, 3.05) is 12.3 Å². The van der Waals surface area contributed by atoms with Crippen LogP contribution >= 0.6 is 12.9 Å². The first-order chi connectivity index (χ1) is 15.6. The van der Waals surface area contributed by atoms with E-state index < -0.39 is 12.9 Å². The van der Waals surface area contributed by atoms with Gasteiger partial charge in [-0.15, -0.1) is 0 Å². The molecule has 2 aliphatic heterocycles. The fourth-order valence-corrected chi connectivity index (χ4v) is 14.3. The molecule has 0 spiro atoms. The van der Waals surface area contributed by atoms with Crippen LogP contribution in [0.3, 0.4) is 0 Å². The molecule has 174 valence electrons. The van der Waals surface area contributed by atoms with Gasteiger partial charge in [0.2, 0.25) is 0 Å². The Morgan fingerprint density at radius 3 is 1.19 bits per heavy atom. The first-order valence-electron chi connectivity index (χ1n) is 12.7. The van der Waals surface area contributed by atoms with Gasteiger partial charge < -0.3 is 24.5 Å². The van der Waals surface area contributed by atoms with E-state index in [1.165, 1.54) is 109 Å². The molecule has 0 aliphatic carbocycles. The maximum absolute atomic E-state index is 6.50.